The van der Waals surface area contributed by atoms with Gasteiger partial charge in [-0.1, -0.05) is 20.8 Å². The second kappa shape index (κ2) is 5.56. The first kappa shape index (κ1) is 15.9. The number of aromatic nitrogens is 3. The highest BCUT2D eigenvalue weighted by Gasteiger charge is 2.29. The maximum Gasteiger partial charge on any atom is 0.266 e. The van der Waals surface area contributed by atoms with Crippen molar-refractivity contribution in [1.82, 2.24) is 19.9 Å². The summed E-state index contributed by atoms with van der Waals surface area (Å²) in [5.41, 5.74) is 1.26. The van der Waals surface area contributed by atoms with Gasteiger partial charge in [-0.2, -0.15) is 0 Å². The van der Waals surface area contributed by atoms with E-state index in [-0.39, 0.29) is 16.9 Å². The highest BCUT2D eigenvalue weighted by Crippen LogP contribution is 2.26. The molecule has 122 valence electrons. The summed E-state index contributed by atoms with van der Waals surface area (Å²) in [6.07, 6.45) is 2.48. The van der Waals surface area contributed by atoms with Gasteiger partial charge in [0.05, 0.1) is 35.6 Å². The van der Waals surface area contributed by atoms with Crippen molar-refractivity contribution in [2.45, 2.75) is 47.2 Å². The molecule has 0 spiro atoms. The maximum atomic E-state index is 12.6. The topological polar surface area (TPSA) is 79.0 Å². The number of hydrogen-bond donors (Lipinski definition) is 1. The summed E-state index contributed by atoms with van der Waals surface area (Å²) in [5.74, 6) is 0.492. The van der Waals surface area contributed by atoms with Crippen LogP contribution in [0.4, 0.5) is 0 Å². The molecular weight excluding hydrogens is 312 g/mol. The Bertz CT molecular complexity index is 816. The van der Waals surface area contributed by atoms with Crippen LogP contribution >= 0.6 is 11.3 Å². The Morgan fingerprint density at radius 2 is 2.13 bits per heavy atom. The third-order valence-corrected chi connectivity index (χ3v) is 4.63. The lowest BCUT2D eigenvalue weighted by Crippen LogP contribution is -2.25. The smallest absolute Gasteiger partial charge is 0.266 e. The van der Waals surface area contributed by atoms with Gasteiger partial charge in [0.15, 0.2) is 0 Å². The number of nitrogens with one attached hydrogen (secondary N) is 1. The molecule has 0 fully saturated rings. The molecule has 3 heterocycles. The zero-order chi connectivity index (χ0) is 16.8. The fourth-order valence-corrected chi connectivity index (χ4v) is 3.82. The van der Waals surface area contributed by atoms with Crippen LogP contribution in [0.15, 0.2) is 11.0 Å². The maximum absolute atomic E-state index is 12.6. The van der Waals surface area contributed by atoms with E-state index in [1.54, 1.807) is 18.0 Å². The number of fused-ring (bicyclic) bond motifs is 1. The molecule has 7 heteroatoms. The number of aryl methyl sites for hydroxylation is 1. The van der Waals surface area contributed by atoms with Crippen molar-refractivity contribution < 1.29 is 4.79 Å². The number of rotatable bonds is 2. The first-order valence-corrected chi connectivity index (χ1v) is 8.37. The van der Waals surface area contributed by atoms with Gasteiger partial charge >= 0.3 is 0 Å². The normalized spacial score (nSPS) is 14.2. The Morgan fingerprint density at radius 1 is 1.39 bits per heavy atom. The van der Waals surface area contributed by atoms with Gasteiger partial charge < -0.3 is 9.88 Å². The van der Waals surface area contributed by atoms with Gasteiger partial charge in [0, 0.05) is 6.42 Å². The Labute approximate surface area is 138 Å². The van der Waals surface area contributed by atoms with Crippen LogP contribution < -0.4 is 5.56 Å². The van der Waals surface area contributed by atoms with Crippen molar-refractivity contribution in [2.24, 2.45) is 5.41 Å². The Morgan fingerprint density at radius 3 is 2.83 bits per heavy atom. The second-order valence-electron chi connectivity index (χ2n) is 7.09. The van der Waals surface area contributed by atoms with Crippen molar-refractivity contribution in [3.63, 3.8) is 0 Å². The number of aromatic amines is 1. The van der Waals surface area contributed by atoms with Gasteiger partial charge in [-0.3, -0.25) is 9.59 Å². The van der Waals surface area contributed by atoms with Gasteiger partial charge in [0.2, 0.25) is 0 Å². The summed E-state index contributed by atoms with van der Waals surface area (Å²) >= 11 is 1.43. The number of nitrogens with zero attached hydrogens (tertiary/aromatic N) is 3. The third-order valence-electron chi connectivity index (χ3n) is 3.64. The van der Waals surface area contributed by atoms with E-state index in [9.17, 15) is 9.59 Å². The minimum Gasteiger partial charge on any atom is -0.327 e. The standard InChI is InChI=1S/C16H20N4O2S/c1-9-18-11-8-20(7-10(11)14(21)19-9)15(22)12-6-17-13(23-12)5-16(2,3)4/h6H,5,7-8H2,1-4H3,(H,18,19,21). The summed E-state index contributed by atoms with van der Waals surface area (Å²) in [6, 6.07) is 0. The summed E-state index contributed by atoms with van der Waals surface area (Å²) in [4.78, 5) is 38.3. The third kappa shape index (κ3) is 3.34. The van der Waals surface area contributed by atoms with Crippen molar-refractivity contribution in [3.8, 4) is 0 Å². The molecule has 0 atom stereocenters. The minimum atomic E-state index is -0.152. The molecule has 2 aromatic rings. The summed E-state index contributed by atoms with van der Waals surface area (Å²) in [7, 11) is 0. The molecule has 0 aromatic carbocycles. The zero-order valence-electron chi connectivity index (χ0n) is 13.8. The van der Waals surface area contributed by atoms with E-state index >= 15 is 0 Å². The predicted octanol–water partition coefficient (Wildman–Crippen LogP) is 2.28. The van der Waals surface area contributed by atoms with Gasteiger partial charge in [-0.05, 0) is 12.3 Å². The molecule has 23 heavy (non-hydrogen) atoms. The molecule has 1 amide bonds. The molecule has 1 aliphatic rings. The van der Waals surface area contributed by atoms with Crippen molar-refractivity contribution >= 4 is 17.2 Å². The second-order valence-corrected chi connectivity index (χ2v) is 8.21. The molecule has 0 radical (unpaired) electrons. The molecule has 6 nitrogen and oxygen atoms in total. The number of carbonyl (C=O) groups excluding carboxylic acids is 1. The summed E-state index contributed by atoms with van der Waals surface area (Å²) in [5, 5.41) is 0.962. The fourth-order valence-electron chi connectivity index (χ4n) is 2.63. The average Bonchev–Trinajstić information content (AvgIpc) is 3.02. The predicted molar refractivity (Wildman–Crippen MR) is 88.4 cm³/mol. The van der Waals surface area contributed by atoms with Gasteiger partial charge in [0.25, 0.3) is 11.5 Å². The minimum absolute atomic E-state index is 0.0855. The van der Waals surface area contributed by atoms with Crippen LogP contribution in [0.2, 0.25) is 0 Å². The first-order valence-electron chi connectivity index (χ1n) is 7.55. The van der Waals surface area contributed by atoms with E-state index in [1.165, 1.54) is 11.3 Å². The molecule has 2 aromatic heterocycles. The molecule has 1 N–H and O–H groups in total. The molecule has 0 bridgehead atoms. The van der Waals surface area contributed by atoms with Crippen LogP contribution in [0, 0.1) is 12.3 Å². The van der Waals surface area contributed by atoms with Crippen LogP contribution in [0.3, 0.4) is 0 Å². The van der Waals surface area contributed by atoms with Crippen LogP contribution in [-0.4, -0.2) is 25.8 Å². The van der Waals surface area contributed by atoms with Crippen molar-refractivity contribution in [1.29, 1.82) is 0 Å². The number of carbonyl (C=O) groups is 1. The SMILES string of the molecule is Cc1nc2c(c(=O)[nH]1)CN(C(=O)c1cnc(CC(C)(C)C)s1)C2. The molecule has 0 unspecified atom stereocenters. The highest BCUT2D eigenvalue weighted by molar-refractivity contribution is 7.13. The monoisotopic (exact) mass is 332 g/mol. The lowest BCUT2D eigenvalue weighted by Gasteiger charge is -2.15. The van der Waals surface area contributed by atoms with Gasteiger partial charge in [0.1, 0.15) is 10.7 Å². The number of thiazole rings is 1. The summed E-state index contributed by atoms with van der Waals surface area (Å²) in [6.45, 7) is 8.87. The largest absolute Gasteiger partial charge is 0.327 e. The van der Waals surface area contributed by atoms with Crippen LogP contribution in [-0.2, 0) is 19.5 Å². The van der Waals surface area contributed by atoms with E-state index in [2.05, 4.69) is 35.7 Å². The zero-order valence-corrected chi connectivity index (χ0v) is 14.6. The van der Waals surface area contributed by atoms with Crippen molar-refractivity contribution in [2.75, 3.05) is 0 Å². The number of hydrogen-bond acceptors (Lipinski definition) is 5. The van der Waals surface area contributed by atoms with E-state index < -0.39 is 0 Å². The van der Waals surface area contributed by atoms with Crippen molar-refractivity contribution in [3.05, 3.63) is 43.5 Å². The average molecular weight is 332 g/mol. The van der Waals surface area contributed by atoms with Crippen LogP contribution in [0.1, 0.15) is 52.5 Å². The van der Waals surface area contributed by atoms with E-state index in [0.717, 1.165) is 11.4 Å². The van der Waals surface area contributed by atoms with Gasteiger partial charge in [-0.25, -0.2) is 9.97 Å². The first-order chi connectivity index (χ1) is 10.7. The van der Waals surface area contributed by atoms with Crippen LogP contribution in [0.5, 0.6) is 0 Å². The molecule has 1 aliphatic heterocycles. The molecule has 3 rings (SSSR count). The lowest BCUT2D eigenvalue weighted by atomic mass is 9.93. The summed E-state index contributed by atoms with van der Waals surface area (Å²) < 4.78 is 0. The molecular formula is C16H20N4O2S. The highest BCUT2D eigenvalue weighted by atomic mass is 32.1. The number of amides is 1. The Kier molecular flexibility index (Phi) is 3.83. The Balaban J connectivity index is 1.78. The molecule has 0 aliphatic carbocycles. The van der Waals surface area contributed by atoms with Crippen LogP contribution in [0.25, 0.3) is 0 Å². The fraction of sp³-hybridized carbons (Fsp3) is 0.500. The van der Waals surface area contributed by atoms with E-state index in [1.807, 2.05) is 0 Å². The molecule has 0 saturated heterocycles. The molecule has 0 saturated carbocycles. The van der Waals surface area contributed by atoms with E-state index in [4.69, 9.17) is 0 Å². The number of H-pyrrole nitrogens is 1. The van der Waals surface area contributed by atoms with Gasteiger partial charge in [-0.15, -0.1) is 11.3 Å². The van der Waals surface area contributed by atoms with E-state index in [0.29, 0.717) is 35.0 Å². The lowest BCUT2D eigenvalue weighted by molar-refractivity contribution is 0.0755. The quantitative estimate of drug-likeness (QED) is 0.915. The Hall–Kier alpha value is -2.02.